The molecule has 1 aliphatic heterocycles. The lowest BCUT2D eigenvalue weighted by Gasteiger charge is -2.37. The predicted molar refractivity (Wildman–Crippen MR) is 106 cm³/mol. The molecule has 1 saturated carbocycles. The number of nitrogens with zero attached hydrogens (tertiary/aromatic N) is 2. The van der Waals surface area contributed by atoms with Crippen molar-refractivity contribution in [2.24, 2.45) is 0 Å². The summed E-state index contributed by atoms with van der Waals surface area (Å²) in [6.07, 6.45) is 1.78. The molecule has 0 amide bonds. The van der Waals surface area contributed by atoms with Crippen molar-refractivity contribution in [3.63, 3.8) is 0 Å². The molecule has 1 aliphatic carbocycles. The van der Waals surface area contributed by atoms with Crippen LogP contribution in [0.1, 0.15) is 24.6 Å². The maximum Gasteiger partial charge on any atom is 0.254 e. The highest BCUT2D eigenvalue weighted by Crippen LogP contribution is 2.35. The van der Waals surface area contributed by atoms with Crippen LogP contribution in [0.4, 0.5) is 0 Å². The van der Waals surface area contributed by atoms with E-state index in [1.54, 1.807) is 10.6 Å². The number of hydrogen-bond acceptors (Lipinski definition) is 6. The minimum atomic E-state index is -3.66. The molecule has 2 aromatic rings. The van der Waals surface area contributed by atoms with Crippen LogP contribution >= 0.6 is 0 Å². The van der Waals surface area contributed by atoms with Crippen LogP contribution in [-0.2, 0) is 10.0 Å². The second-order valence-electron chi connectivity index (χ2n) is 7.35. The largest absolute Gasteiger partial charge is 0.493 e. The number of benzene rings is 1. The lowest BCUT2D eigenvalue weighted by Crippen LogP contribution is -2.56. The molecule has 156 valence electrons. The maximum absolute atomic E-state index is 12.8. The smallest absolute Gasteiger partial charge is 0.254 e. The van der Waals surface area contributed by atoms with E-state index in [0.717, 1.165) is 18.5 Å². The number of sulfonamides is 1. The van der Waals surface area contributed by atoms with Crippen LogP contribution < -0.4 is 19.8 Å². The molecule has 9 heteroatoms. The summed E-state index contributed by atoms with van der Waals surface area (Å²) >= 11 is 0. The molecule has 0 N–H and O–H groups in total. The zero-order chi connectivity index (χ0) is 20.8. The zero-order valence-electron chi connectivity index (χ0n) is 16.6. The molecule has 1 aromatic heterocycles. The Bertz CT molecular complexity index is 1080. The van der Waals surface area contributed by atoms with E-state index in [0.29, 0.717) is 23.3 Å². The highest BCUT2D eigenvalue weighted by Gasteiger charge is 2.38. The zero-order valence-corrected chi connectivity index (χ0v) is 17.4. The van der Waals surface area contributed by atoms with Crippen molar-refractivity contribution in [1.82, 2.24) is 8.87 Å². The van der Waals surface area contributed by atoms with Crippen LogP contribution in [0.25, 0.3) is 0 Å². The summed E-state index contributed by atoms with van der Waals surface area (Å²) < 4.78 is 45.0. The first-order chi connectivity index (χ1) is 13.8. The normalized spacial score (nSPS) is 17.6. The number of methoxy groups -OCH3 is 2. The average molecular weight is 420 g/mol. The van der Waals surface area contributed by atoms with Gasteiger partial charge in [-0.15, -0.1) is 0 Å². The molecule has 0 bridgehead atoms. The van der Waals surface area contributed by atoms with Crippen LogP contribution in [0.15, 0.2) is 40.0 Å². The molecule has 0 spiro atoms. The Morgan fingerprint density at radius 2 is 1.69 bits per heavy atom. The monoisotopic (exact) mass is 420 g/mol. The van der Waals surface area contributed by atoms with Crippen LogP contribution in [0.5, 0.6) is 17.2 Å². The molecule has 2 aliphatic rings. The Balaban J connectivity index is 1.44. The maximum atomic E-state index is 12.8. The second-order valence-corrected chi connectivity index (χ2v) is 9.29. The van der Waals surface area contributed by atoms with Crippen LogP contribution in [0, 0.1) is 6.92 Å². The minimum Gasteiger partial charge on any atom is -0.493 e. The molecule has 0 atom stereocenters. The van der Waals surface area contributed by atoms with Gasteiger partial charge in [-0.3, -0.25) is 4.79 Å². The molecule has 0 radical (unpaired) electrons. The summed E-state index contributed by atoms with van der Waals surface area (Å²) in [4.78, 5) is 12.4. The Hall–Kier alpha value is -2.52. The highest BCUT2D eigenvalue weighted by molar-refractivity contribution is 7.89. The number of aromatic nitrogens is 1. The van der Waals surface area contributed by atoms with Gasteiger partial charge in [0.15, 0.2) is 11.5 Å². The first kappa shape index (κ1) is 19.8. The summed E-state index contributed by atoms with van der Waals surface area (Å²) in [6.45, 7) is 2.34. The van der Waals surface area contributed by atoms with Gasteiger partial charge in [0, 0.05) is 23.9 Å². The lowest BCUT2D eigenvalue weighted by atomic mass is 10.2. The van der Waals surface area contributed by atoms with E-state index in [9.17, 15) is 13.2 Å². The van der Waals surface area contributed by atoms with Crippen molar-refractivity contribution in [2.75, 3.05) is 27.3 Å². The van der Waals surface area contributed by atoms with Crippen LogP contribution in [0.3, 0.4) is 0 Å². The number of hydrogen-bond donors (Lipinski definition) is 0. The fraction of sp³-hybridized carbons (Fsp3) is 0.450. The fourth-order valence-corrected chi connectivity index (χ4v) is 5.06. The SMILES string of the molecule is COc1ccc(S(=O)(=O)N2CC(Oc3cc(C)n(C4CC4)c(=O)c3)C2)cc1OC. The van der Waals surface area contributed by atoms with Gasteiger partial charge < -0.3 is 18.8 Å². The quantitative estimate of drug-likeness (QED) is 0.681. The molecule has 2 heterocycles. The van der Waals surface area contributed by atoms with Crippen molar-refractivity contribution < 1.29 is 22.6 Å². The fourth-order valence-electron chi connectivity index (χ4n) is 3.54. The van der Waals surface area contributed by atoms with Gasteiger partial charge in [0.2, 0.25) is 10.0 Å². The number of aryl methyl sites for hydroxylation is 1. The minimum absolute atomic E-state index is 0.0726. The second kappa shape index (κ2) is 7.38. The van der Waals surface area contributed by atoms with E-state index in [1.165, 1.54) is 36.7 Å². The highest BCUT2D eigenvalue weighted by atomic mass is 32.2. The number of ether oxygens (including phenoxy) is 3. The van der Waals surface area contributed by atoms with Crippen molar-refractivity contribution in [3.05, 3.63) is 46.4 Å². The van der Waals surface area contributed by atoms with Gasteiger partial charge in [0.1, 0.15) is 11.9 Å². The number of rotatable bonds is 7. The molecular formula is C20H24N2O6S. The van der Waals surface area contributed by atoms with Gasteiger partial charge in [-0.25, -0.2) is 8.42 Å². The third-order valence-electron chi connectivity index (χ3n) is 5.26. The van der Waals surface area contributed by atoms with Crippen molar-refractivity contribution >= 4 is 10.0 Å². The third kappa shape index (κ3) is 3.72. The number of pyridine rings is 1. The van der Waals surface area contributed by atoms with Gasteiger partial charge in [0.05, 0.1) is 32.2 Å². The Morgan fingerprint density at radius 1 is 1.00 bits per heavy atom. The summed E-state index contributed by atoms with van der Waals surface area (Å²) in [6, 6.07) is 8.14. The molecule has 0 unspecified atom stereocenters. The lowest BCUT2D eigenvalue weighted by molar-refractivity contribution is 0.0758. The van der Waals surface area contributed by atoms with E-state index >= 15 is 0 Å². The average Bonchev–Trinajstić information content (AvgIpc) is 3.47. The first-order valence-electron chi connectivity index (χ1n) is 9.45. The topological polar surface area (TPSA) is 87.1 Å². The van der Waals surface area contributed by atoms with Crippen LogP contribution in [0.2, 0.25) is 0 Å². The summed E-state index contributed by atoms with van der Waals surface area (Å²) in [5.74, 6) is 1.30. The first-order valence-corrected chi connectivity index (χ1v) is 10.9. The molecule has 4 rings (SSSR count). The van der Waals surface area contributed by atoms with Gasteiger partial charge in [0.25, 0.3) is 5.56 Å². The molecule has 8 nitrogen and oxygen atoms in total. The Labute approximate surface area is 169 Å². The van der Waals surface area contributed by atoms with Gasteiger partial charge in [-0.2, -0.15) is 4.31 Å². The standard InChI is InChI=1S/C20H24N2O6S/c1-13-8-15(9-20(23)22(13)14-4-5-14)28-16-11-21(12-16)29(24,25)17-6-7-18(26-2)19(10-17)27-3/h6-10,14,16H,4-5,11-12H2,1-3H3. The Morgan fingerprint density at radius 3 is 2.28 bits per heavy atom. The van der Waals surface area contributed by atoms with E-state index in [4.69, 9.17) is 14.2 Å². The third-order valence-corrected chi connectivity index (χ3v) is 7.08. The molecule has 1 aromatic carbocycles. The van der Waals surface area contributed by atoms with Gasteiger partial charge in [-0.1, -0.05) is 0 Å². The summed E-state index contributed by atoms with van der Waals surface area (Å²) in [5, 5.41) is 0. The van der Waals surface area contributed by atoms with E-state index in [1.807, 2.05) is 13.0 Å². The van der Waals surface area contributed by atoms with Crippen molar-refractivity contribution in [2.45, 2.75) is 36.8 Å². The molecule has 29 heavy (non-hydrogen) atoms. The van der Waals surface area contributed by atoms with Crippen molar-refractivity contribution in [1.29, 1.82) is 0 Å². The van der Waals surface area contributed by atoms with E-state index in [2.05, 4.69) is 0 Å². The van der Waals surface area contributed by atoms with Gasteiger partial charge >= 0.3 is 0 Å². The van der Waals surface area contributed by atoms with E-state index in [-0.39, 0.29) is 29.6 Å². The molecule has 1 saturated heterocycles. The summed E-state index contributed by atoms with van der Waals surface area (Å²) in [5.41, 5.74) is 0.792. The van der Waals surface area contributed by atoms with Crippen molar-refractivity contribution in [3.8, 4) is 17.2 Å². The Kier molecular flexibility index (Phi) is 5.04. The van der Waals surface area contributed by atoms with E-state index < -0.39 is 10.0 Å². The molecule has 2 fully saturated rings. The molecular weight excluding hydrogens is 396 g/mol. The van der Waals surface area contributed by atoms with Gasteiger partial charge in [-0.05, 0) is 38.0 Å². The predicted octanol–water partition coefficient (Wildman–Crippen LogP) is 1.96. The summed E-state index contributed by atoms with van der Waals surface area (Å²) in [7, 11) is -0.706. The van der Waals surface area contributed by atoms with Crippen LogP contribution in [-0.4, -0.2) is 50.7 Å².